The minimum Gasteiger partial charge on any atom is -0.350 e. The summed E-state index contributed by atoms with van der Waals surface area (Å²) < 4.78 is 10.9. The highest BCUT2D eigenvalue weighted by Gasteiger charge is 2.30. The van der Waals surface area contributed by atoms with E-state index in [4.69, 9.17) is 9.47 Å². The number of rotatable bonds is 3. The van der Waals surface area contributed by atoms with Crippen molar-refractivity contribution < 1.29 is 14.3 Å². The zero-order valence-corrected chi connectivity index (χ0v) is 11.0. The number of nitrogens with zero attached hydrogens (tertiary/aromatic N) is 1. The Bertz CT molecular complexity index is 671. The molecule has 4 heteroatoms. The van der Waals surface area contributed by atoms with Crippen LogP contribution in [-0.2, 0) is 9.47 Å². The van der Waals surface area contributed by atoms with Crippen LogP contribution in [0.3, 0.4) is 0 Å². The standard InChI is InChI=1S/C16H15NO3/c18-16-12-5-1-3-11-4-2-6-13(15(11)12)17(16)8-7-14-19-9-10-20-14/h1-6,14H,7-10H2. The molecule has 2 aliphatic heterocycles. The van der Waals surface area contributed by atoms with Crippen LogP contribution in [0.4, 0.5) is 5.69 Å². The lowest BCUT2D eigenvalue weighted by Gasteiger charge is -2.19. The number of hydrogen-bond donors (Lipinski definition) is 0. The summed E-state index contributed by atoms with van der Waals surface area (Å²) in [5.74, 6) is 0.0785. The van der Waals surface area contributed by atoms with Gasteiger partial charge in [0, 0.05) is 23.9 Å². The third-order valence-electron chi connectivity index (χ3n) is 3.93. The van der Waals surface area contributed by atoms with Crippen molar-refractivity contribution in [2.75, 3.05) is 24.7 Å². The molecule has 2 aromatic carbocycles. The number of ether oxygens (including phenoxy) is 2. The number of carbonyl (C=O) groups excluding carboxylic acids is 1. The Kier molecular flexibility index (Phi) is 2.72. The Morgan fingerprint density at radius 1 is 1.10 bits per heavy atom. The highest BCUT2D eigenvalue weighted by atomic mass is 16.7. The van der Waals surface area contributed by atoms with Gasteiger partial charge in [-0.25, -0.2) is 0 Å². The Hall–Kier alpha value is -1.91. The molecule has 0 aromatic heterocycles. The maximum Gasteiger partial charge on any atom is 0.258 e. The van der Waals surface area contributed by atoms with Crippen LogP contribution in [0, 0.1) is 0 Å². The van der Waals surface area contributed by atoms with Crippen LogP contribution in [0.1, 0.15) is 16.8 Å². The van der Waals surface area contributed by atoms with Gasteiger partial charge in [-0.1, -0.05) is 24.3 Å². The number of carbonyl (C=O) groups is 1. The first kappa shape index (κ1) is 11.9. The van der Waals surface area contributed by atoms with Crippen molar-refractivity contribution in [2.45, 2.75) is 12.7 Å². The van der Waals surface area contributed by atoms with Crippen LogP contribution in [0.5, 0.6) is 0 Å². The predicted octanol–water partition coefficient (Wildman–Crippen LogP) is 2.56. The summed E-state index contributed by atoms with van der Waals surface area (Å²) in [5.41, 5.74) is 1.80. The molecule has 1 amide bonds. The molecule has 20 heavy (non-hydrogen) atoms. The Morgan fingerprint density at radius 3 is 2.65 bits per heavy atom. The molecule has 0 atom stereocenters. The number of anilines is 1. The maximum absolute atomic E-state index is 12.5. The Labute approximate surface area is 116 Å². The monoisotopic (exact) mass is 269 g/mol. The van der Waals surface area contributed by atoms with Crippen LogP contribution in [0.25, 0.3) is 10.8 Å². The summed E-state index contributed by atoms with van der Waals surface area (Å²) in [4.78, 5) is 14.4. The lowest BCUT2D eigenvalue weighted by Crippen LogP contribution is -2.30. The van der Waals surface area contributed by atoms with E-state index in [1.54, 1.807) is 0 Å². The second-order valence-corrected chi connectivity index (χ2v) is 5.10. The highest BCUT2D eigenvalue weighted by Crippen LogP contribution is 2.37. The van der Waals surface area contributed by atoms with Crippen molar-refractivity contribution in [3.05, 3.63) is 42.0 Å². The molecule has 2 aliphatic rings. The smallest absolute Gasteiger partial charge is 0.258 e. The van der Waals surface area contributed by atoms with Crippen LogP contribution in [0.15, 0.2) is 36.4 Å². The fraction of sp³-hybridized carbons (Fsp3) is 0.312. The van der Waals surface area contributed by atoms with E-state index < -0.39 is 0 Å². The SMILES string of the molecule is O=C1c2cccc3cccc(c23)N1CCC1OCCO1. The maximum atomic E-state index is 12.5. The van der Waals surface area contributed by atoms with Crippen molar-refractivity contribution in [1.82, 2.24) is 0 Å². The van der Waals surface area contributed by atoms with Gasteiger partial charge >= 0.3 is 0 Å². The lowest BCUT2D eigenvalue weighted by molar-refractivity contribution is -0.0446. The number of hydrogen-bond acceptors (Lipinski definition) is 3. The van der Waals surface area contributed by atoms with Gasteiger partial charge in [0.15, 0.2) is 6.29 Å². The van der Waals surface area contributed by atoms with Crippen LogP contribution in [-0.4, -0.2) is 32.0 Å². The van der Waals surface area contributed by atoms with E-state index in [0.717, 1.165) is 22.0 Å². The van der Waals surface area contributed by atoms with E-state index in [-0.39, 0.29) is 12.2 Å². The zero-order chi connectivity index (χ0) is 13.5. The molecule has 0 aliphatic carbocycles. The van der Waals surface area contributed by atoms with E-state index in [1.807, 2.05) is 41.3 Å². The molecule has 2 heterocycles. The van der Waals surface area contributed by atoms with Crippen molar-refractivity contribution in [1.29, 1.82) is 0 Å². The number of benzene rings is 2. The van der Waals surface area contributed by atoms with Crippen LogP contribution >= 0.6 is 0 Å². The molecule has 102 valence electrons. The summed E-state index contributed by atoms with van der Waals surface area (Å²) in [6, 6.07) is 11.9. The average Bonchev–Trinajstić information content (AvgIpc) is 3.08. The molecule has 0 bridgehead atoms. The van der Waals surface area contributed by atoms with Gasteiger partial charge in [0.25, 0.3) is 5.91 Å². The lowest BCUT2D eigenvalue weighted by atomic mass is 10.1. The minimum absolute atomic E-state index is 0.0785. The van der Waals surface area contributed by atoms with Crippen molar-refractivity contribution in [3.8, 4) is 0 Å². The van der Waals surface area contributed by atoms with Gasteiger partial charge in [-0.3, -0.25) is 4.79 Å². The topological polar surface area (TPSA) is 38.8 Å². The largest absolute Gasteiger partial charge is 0.350 e. The van der Waals surface area contributed by atoms with Crippen molar-refractivity contribution >= 4 is 22.4 Å². The highest BCUT2D eigenvalue weighted by molar-refractivity contribution is 6.24. The van der Waals surface area contributed by atoms with Gasteiger partial charge in [0.05, 0.1) is 18.9 Å². The van der Waals surface area contributed by atoms with Crippen molar-refractivity contribution in [2.24, 2.45) is 0 Å². The van der Waals surface area contributed by atoms with Gasteiger partial charge in [0.1, 0.15) is 0 Å². The normalized spacial score (nSPS) is 18.4. The fourth-order valence-electron chi connectivity index (χ4n) is 3.01. The Morgan fingerprint density at radius 2 is 1.85 bits per heavy atom. The molecule has 0 spiro atoms. The summed E-state index contributed by atoms with van der Waals surface area (Å²) in [7, 11) is 0. The molecule has 0 N–H and O–H groups in total. The molecule has 0 radical (unpaired) electrons. The third-order valence-corrected chi connectivity index (χ3v) is 3.93. The van der Waals surface area contributed by atoms with Crippen LogP contribution < -0.4 is 4.90 Å². The quantitative estimate of drug-likeness (QED) is 0.859. The molecular formula is C16H15NO3. The summed E-state index contributed by atoms with van der Waals surface area (Å²) in [6.45, 7) is 1.92. The first-order chi connectivity index (χ1) is 9.84. The molecule has 4 nitrogen and oxygen atoms in total. The summed E-state index contributed by atoms with van der Waals surface area (Å²) >= 11 is 0. The molecule has 2 aromatic rings. The molecule has 1 saturated heterocycles. The van der Waals surface area contributed by atoms with Crippen LogP contribution in [0.2, 0.25) is 0 Å². The first-order valence-electron chi connectivity index (χ1n) is 6.91. The van der Waals surface area contributed by atoms with E-state index in [0.29, 0.717) is 26.2 Å². The second-order valence-electron chi connectivity index (χ2n) is 5.10. The van der Waals surface area contributed by atoms with Gasteiger partial charge in [0.2, 0.25) is 0 Å². The third kappa shape index (κ3) is 1.72. The zero-order valence-electron chi connectivity index (χ0n) is 11.0. The molecule has 0 unspecified atom stereocenters. The summed E-state index contributed by atoms with van der Waals surface area (Å²) in [6.07, 6.45) is 0.529. The first-order valence-corrected chi connectivity index (χ1v) is 6.91. The minimum atomic E-state index is -0.175. The fourth-order valence-corrected chi connectivity index (χ4v) is 3.01. The van der Waals surface area contributed by atoms with Gasteiger partial charge in [-0.2, -0.15) is 0 Å². The van der Waals surface area contributed by atoms with Gasteiger partial charge in [-0.05, 0) is 17.5 Å². The second kappa shape index (κ2) is 4.58. The van der Waals surface area contributed by atoms with E-state index in [2.05, 4.69) is 0 Å². The van der Waals surface area contributed by atoms with Crippen molar-refractivity contribution in [3.63, 3.8) is 0 Å². The van der Waals surface area contributed by atoms with E-state index in [1.165, 1.54) is 0 Å². The van der Waals surface area contributed by atoms with E-state index >= 15 is 0 Å². The van der Waals surface area contributed by atoms with Gasteiger partial charge < -0.3 is 14.4 Å². The Balaban J connectivity index is 1.66. The average molecular weight is 269 g/mol. The summed E-state index contributed by atoms with van der Waals surface area (Å²) in [5, 5.41) is 2.18. The number of amides is 1. The van der Waals surface area contributed by atoms with Gasteiger partial charge in [-0.15, -0.1) is 0 Å². The molecule has 1 fully saturated rings. The molecule has 0 saturated carbocycles. The molecule has 4 rings (SSSR count). The van der Waals surface area contributed by atoms with E-state index in [9.17, 15) is 4.79 Å². The predicted molar refractivity (Wildman–Crippen MR) is 75.9 cm³/mol. The molecular weight excluding hydrogens is 254 g/mol.